The average molecular weight is 409 g/mol. The Morgan fingerprint density at radius 2 is 1.90 bits per heavy atom. The van der Waals surface area contributed by atoms with Crippen LogP contribution >= 0.6 is 22.6 Å². The van der Waals surface area contributed by atoms with Crippen LogP contribution in [0.25, 0.3) is 11.4 Å². The molecular formula is C13H11F3IN3O. The Labute approximate surface area is 132 Å². The van der Waals surface area contributed by atoms with Crippen molar-refractivity contribution in [2.45, 2.75) is 12.8 Å². The average Bonchev–Trinajstić information content (AvgIpc) is 2.43. The Hall–Kier alpha value is -1.42. The number of nitrogens with two attached hydrogens (primary N) is 1. The molecule has 1 heterocycles. The molecule has 0 unspecified atom stereocenters. The van der Waals surface area contributed by atoms with E-state index in [1.54, 1.807) is 0 Å². The van der Waals surface area contributed by atoms with Crippen molar-refractivity contribution < 1.29 is 17.9 Å². The molecule has 1 aromatic carbocycles. The van der Waals surface area contributed by atoms with Crippen LogP contribution in [0.3, 0.4) is 0 Å². The largest absolute Gasteiger partial charge is 0.417 e. The number of nitrogens with zero attached hydrogens (tertiary/aromatic N) is 2. The van der Waals surface area contributed by atoms with Crippen molar-refractivity contribution in [3.63, 3.8) is 0 Å². The van der Waals surface area contributed by atoms with Crippen molar-refractivity contribution in [3.8, 4) is 11.4 Å². The van der Waals surface area contributed by atoms with Crippen LogP contribution in [-0.2, 0) is 17.5 Å². The van der Waals surface area contributed by atoms with Crippen molar-refractivity contribution in [2.24, 2.45) is 0 Å². The number of methoxy groups -OCH3 is 1. The van der Waals surface area contributed by atoms with Crippen LogP contribution in [-0.4, -0.2) is 17.1 Å². The van der Waals surface area contributed by atoms with E-state index in [4.69, 9.17) is 10.5 Å². The van der Waals surface area contributed by atoms with E-state index in [-0.39, 0.29) is 23.8 Å². The lowest BCUT2D eigenvalue weighted by molar-refractivity contribution is -0.137. The third-order valence-electron chi connectivity index (χ3n) is 2.70. The van der Waals surface area contributed by atoms with Crippen molar-refractivity contribution in [3.05, 3.63) is 39.1 Å². The molecule has 112 valence electrons. The SMILES string of the molecule is COCc1nc(-c2ccccc2C(F)(F)F)nc(N)c1I. The number of hydrogen-bond donors (Lipinski definition) is 1. The standard InChI is InChI=1S/C13H11F3IN3O/c1-21-6-9-10(17)11(18)20-12(19-9)7-4-2-3-5-8(7)13(14,15)16/h2-5H,6H2,1H3,(H2,18,19,20). The van der Waals surface area contributed by atoms with E-state index in [1.165, 1.54) is 25.3 Å². The monoisotopic (exact) mass is 409 g/mol. The summed E-state index contributed by atoms with van der Waals surface area (Å²) in [6.07, 6.45) is -4.49. The van der Waals surface area contributed by atoms with Crippen molar-refractivity contribution in [2.75, 3.05) is 12.8 Å². The van der Waals surface area contributed by atoms with Gasteiger partial charge < -0.3 is 10.5 Å². The van der Waals surface area contributed by atoms with Gasteiger partial charge in [0.1, 0.15) is 5.82 Å². The number of alkyl halides is 3. The van der Waals surface area contributed by atoms with Crippen LogP contribution in [0, 0.1) is 3.57 Å². The summed E-state index contributed by atoms with van der Waals surface area (Å²) in [5.41, 5.74) is 5.31. The van der Waals surface area contributed by atoms with Crippen LogP contribution in [0.2, 0.25) is 0 Å². The van der Waals surface area contributed by atoms with E-state index in [2.05, 4.69) is 9.97 Å². The second-order valence-corrected chi connectivity index (χ2v) is 5.25. The van der Waals surface area contributed by atoms with E-state index in [0.717, 1.165) is 6.07 Å². The molecular weight excluding hydrogens is 398 g/mol. The molecule has 4 nitrogen and oxygen atoms in total. The zero-order valence-electron chi connectivity index (χ0n) is 10.9. The smallest absolute Gasteiger partial charge is 0.383 e. The quantitative estimate of drug-likeness (QED) is 0.789. The molecule has 2 N–H and O–H groups in total. The third kappa shape index (κ3) is 3.43. The lowest BCUT2D eigenvalue weighted by Crippen LogP contribution is -2.10. The van der Waals surface area contributed by atoms with Crippen LogP contribution < -0.4 is 5.73 Å². The molecule has 0 bridgehead atoms. The van der Waals surface area contributed by atoms with Gasteiger partial charge in [0.25, 0.3) is 0 Å². The molecule has 0 atom stereocenters. The molecule has 0 aliphatic carbocycles. The van der Waals surface area contributed by atoms with Crippen LogP contribution in [0.5, 0.6) is 0 Å². The van der Waals surface area contributed by atoms with Gasteiger partial charge in [-0.1, -0.05) is 18.2 Å². The van der Waals surface area contributed by atoms with Crippen LogP contribution in [0.1, 0.15) is 11.3 Å². The topological polar surface area (TPSA) is 61.0 Å². The van der Waals surface area contributed by atoms with E-state index in [1.807, 2.05) is 22.6 Å². The molecule has 1 aromatic heterocycles. The zero-order chi connectivity index (χ0) is 15.6. The molecule has 0 saturated carbocycles. The molecule has 0 spiro atoms. The summed E-state index contributed by atoms with van der Waals surface area (Å²) < 4.78 is 44.7. The highest BCUT2D eigenvalue weighted by atomic mass is 127. The fourth-order valence-electron chi connectivity index (χ4n) is 1.79. The van der Waals surface area contributed by atoms with Gasteiger partial charge in [0.2, 0.25) is 0 Å². The number of halogens is 4. The highest BCUT2D eigenvalue weighted by molar-refractivity contribution is 14.1. The minimum atomic E-state index is -4.49. The maximum absolute atomic E-state index is 13.0. The summed E-state index contributed by atoms with van der Waals surface area (Å²) in [7, 11) is 1.47. The highest BCUT2D eigenvalue weighted by Gasteiger charge is 2.34. The molecule has 2 rings (SSSR count). The van der Waals surface area contributed by atoms with Gasteiger partial charge in [0.05, 0.1) is 21.4 Å². The first kappa shape index (κ1) is 16.0. The van der Waals surface area contributed by atoms with E-state index in [9.17, 15) is 13.2 Å². The number of aromatic nitrogens is 2. The molecule has 0 aliphatic heterocycles. The number of nitrogen functional groups attached to an aromatic ring is 1. The van der Waals surface area contributed by atoms with Gasteiger partial charge in [0.15, 0.2) is 5.82 Å². The van der Waals surface area contributed by atoms with Gasteiger partial charge in [-0.2, -0.15) is 13.2 Å². The predicted molar refractivity (Wildman–Crippen MR) is 80.3 cm³/mol. The maximum atomic E-state index is 13.0. The normalized spacial score (nSPS) is 11.7. The lowest BCUT2D eigenvalue weighted by Gasteiger charge is -2.13. The van der Waals surface area contributed by atoms with Gasteiger partial charge >= 0.3 is 6.18 Å². The summed E-state index contributed by atoms with van der Waals surface area (Å²) in [4.78, 5) is 8.11. The van der Waals surface area contributed by atoms with Gasteiger partial charge in [0, 0.05) is 12.7 Å². The van der Waals surface area contributed by atoms with Gasteiger partial charge in [-0.15, -0.1) is 0 Å². The molecule has 8 heteroatoms. The minimum Gasteiger partial charge on any atom is -0.383 e. The zero-order valence-corrected chi connectivity index (χ0v) is 13.1. The highest BCUT2D eigenvalue weighted by Crippen LogP contribution is 2.36. The Bertz CT molecular complexity index is 662. The molecule has 21 heavy (non-hydrogen) atoms. The van der Waals surface area contributed by atoms with Gasteiger partial charge in [-0.05, 0) is 28.7 Å². The number of anilines is 1. The number of hydrogen-bond acceptors (Lipinski definition) is 4. The van der Waals surface area contributed by atoms with Crippen LogP contribution in [0.4, 0.5) is 19.0 Å². The van der Waals surface area contributed by atoms with Crippen molar-refractivity contribution in [1.82, 2.24) is 9.97 Å². The predicted octanol–water partition coefficient (Wildman–Crippen LogP) is 3.50. The Balaban J connectivity index is 2.63. The molecule has 0 aliphatic rings. The Kier molecular flexibility index (Phi) is 4.67. The number of ether oxygens (including phenoxy) is 1. The van der Waals surface area contributed by atoms with E-state index >= 15 is 0 Å². The lowest BCUT2D eigenvalue weighted by atomic mass is 10.1. The van der Waals surface area contributed by atoms with Crippen molar-refractivity contribution in [1.29, 1.82) is 0 Å². The van der Waals surface area contributed by atoms with Gasteiger partial charge in [-0.3, -0.25) is 0 Å². The number of rotatable bonds is 3. The summed E-state index contributed by atoms with van der Waals surface area (Å²) in [6, 6.07) is 5.13. The molecule has 0 fully saturated rings. The summed E-state index contributed by atoms with van der Waals surface area (Å²) in [5.74, 6) is 0.0671. The fraction of sp³-hybridized carbons (Fsp3) is 0.231. The molecule has 0 amide bonds. The van der Waals surface area contributed by atoms with Crippen LogP contribution in [0.15, 0.2) is 24.3 Å². The van der Waals surface area contributed by atoms with E-state index in [0.29, 0.717) is 9.26 Å². The maximum Gasteiger partial charge on any atom is 0.417 e. The summed E-state index contributed by atoms with van der Waals surface area (Å²) >= 11 is 1.94. The molecule has 0 radical (unpaired) electrons. The summed E-state index contributed by atoms with van der Waals surface area (Å²) in [5, 5.41) is 0. The fourth-order valence-corrected chi connectivity index (χ4v) is 2.19. The first-order valence-electron chi connectivity index (χ1n) is 5.82. The first-order valence-corrected chi connectivity index (χ1v) is 6.90. The first-order chi connectivity index (χ1) is 9.84. The Morgan fingerprint density at radius 1 is 1.24 bits per heavy atom. The summed E-state index contributed by atoms with van der Waals surface area (Å²) in [6.45, 7) is 0.145. The van der Waals surface area contributed by atoms with E-state index < -0.39 is 11.7 Å². The second kappa shape index (κ2) is 6.14. The molecule has 2 aromatic rings. The second-order valence-electron chi connectivity index (χ2n) is 4.17. The number of benzene rings is 1. The van der Waals surface area contributed by atoms with Crippen molar-refractivity contribution >= 4 is 28.4 Å². The molecule has 0 saturated heterocycles. The Morgan fingerprint density at radius 3 is 2.52 bits per heavy atom. The van der Waals surface area contributed by atoms with Gasteiger partial charge in [-0.25, -0.2) is 9.97 Å². The minimum absolute atomic E-state index is 0.0621. The third-order valence-corrected chi connectivity index (χ3v) is 3.88.